The number of aliphatic hydroxyl groups excluding tert-OH is 1. The number of rotatable bonds is 7. The summed E-state index contributed by atoms with van der Waals surface area (Å²) in [5, 5.41) is 15.8. The zero-order chi connectivity index (χ0) is 18.2. The van der Waals surface area contributed by atoms with Crippen LogP contribution in [0.15, 0.2) is 79.0 Å². The van der Waals surface area contributed by atoms with Crippen molar-refractivity contribution in [2.75, 3.05) is 11.9 Å². The smallest absolute Gasteiger partial charge is 0.270 e. The standard InChI is InChI=1S/C21H21N3O2/c25-15-20(17-9-5-2-6-10-17)24-18-11-12-22-19(13-18)21(26)23-14-16-7-3-1-4-8-16/h1-13,20,25H,14-15H2,(H,22,24)(H,23,26). The lowest BCUT2D eigenvalue weighted by atomic mass is 10.1. The Kier molecular flexibility index (Phi) is 5.96. The summed E-state index contributed by atoms with van der Waals surface area (Å²) in [4.78, 5) is 16.5. The van der Waals surface area contributed by atoms with Gasteiger partial charge < -0.3 is 15.7 Å². The Hall–Kier alpha value is -3.18. The number of aliphatic hydroxyl groups is 1. The maximum Gasteiger partial charge on any atom is 0.270 e. The van der Waals surface area contributed by atoms with Gasteiger partial charge in [-0.05, 0) is 23.3 Å². The van der Waals surface area contributed by atoms with Crippen LogP contribution < -0.4 is 10.6 Å². The molecule has 0 fully saturated rings. The van der Waals surface area contributed by atoms with Crippen molar-refractivity contribution in [2.45, 2.75) is 12.6 Å². The molecule has 3 rings (SSSR count). The summed E-state index contributed by atoms with van der Waals surface area (Å²) in [7, 11) is 0. The molecule has 1 atom stereocenters. The largest absolute Gasteiger partial charge is 0.394 e. The average Bonchev–Trinajstić information content (AvgIpc) is 2.72. The van der Waals surface area contributed by atoms with Gasteiger partial charge in [0.1, 0.15) is 5.69 Å². The number of hydrogen-bond acceptors (Lipinski definition) is 4. The molecular formula is C21H21N3O2. The van der Waals surface area contributed by atoms with E-state index in [1.807, 2.05) is 60.7 Å². The maximum absolute atomic E-state index is 12.3. The third-order valence-electron chi connectivity index (χ3n) is 4.01. The summed E-state index contributed by atoms with van der Waals surface area (Å²) in [5.74, 6) is -0.238. The molecule has 5 heteroatoms. The molecule has 2 aromatic carbocycles. The lowest BCUT2D eigenvalue weighted by Crippen LogP contribution is -2.24. The molecule has 1 unspecified atom stereocenters. The Bertz CT molecular complexity index is 838. The molecule has 1 heterocycles. The topological polar surface area (TPSA) is 74.2 Å². The zero-order valence-corrected chi connectivity index (χ0v) is 14.3. The Morgan fingerprint density at radius 2 is 1.69 bits per heavy atom. The van der Waals surface area contributed by atoms with Crippen LogP contribution in [-0.2, 0) is 6.54 Å². The van der Waals surface area contributed by atoms with Gasteiger partial charge in [-0.2, -0.15) is 0 Å². The van der Waals surface area contributed by atoms with Crippen LogP contribution in [0.1, 0.15) is 27.7 Å². The van der Waals surface area contributed by atoms with Gasteiger partial charge in [-0.25, -0.2) is 0 Å². The maximum atomic E-state index is 12.3. The quantitative estimate of drug-likeness (QED) is 0.614. The molecule has 0 aliphatic carbocycles. The van der Waals surface area contributed by atoms with Crippen molar-refractivity contribution in [1.82, 2.24) is 10.3 Å². The molecule has 0 aliphatic heterocycles. The Balaban J connectivity index is 1.66. The third kappa shape index (κ3) is 4.68. The van der Waals surface area contributed by atoms with E-state index in [0.717, 1.165) is 16.8 Å². The second kappa shape index (κ2) is 8.78. The number of nitrogens with one attached hydrogen (secondary N) is 2. The lowest BCUT2D eigenvalue weighted by Gasteiger charge is -2.18. The summed E-state index contributed by atoms with van der Waals surface area (Å²) in [5.41, 5.74) is 3.06. The van der Waals surface area contributed by atoms with Crippen molar-refractivity contribution in [3.8, 4) is 0 Å². The minimum absolute atomic E-state index is 0.0537. The van der Waals surface area contributed by atoms with Gasteiger partial charge in [0, 0.05) is 18.4 Å². The fourth-order valence-electron chi connectivity index (χ4n) is 2.63. The zero-order valence-electron chi connectivity index (χ0n) is 14.3. The van der Waals surface area contributed by atoms with Crippen molar-refractivity contribution >= 4 is 11.6 Å². The van der Waals surface area contributed by atoms with Gasteiger partial charge in [0.15, 0.2) is 0 Å². The summed E-state index contributed by atoms with van der Waals surface area (Å²) in [6, 6.07) is 22.6. The number of amides is 1. The van der Waals surface area contributed by atoms with Crippen LogP contribution in [0.3, 0.4) is 0 Å². The molecule has 1 amide bonds. The first-order chi connectivity index (χ1) is 12.8. The molecule has 0 radical (unpaired) electrons. The minimum Gasteiger partial charge on any atom is -0.394 e. The predicted octanol–water partition coefficient (Wildman–Crippen LogP) is 3.16. The van der Waals surface area contributed by atoms with E-state index in [1.54, 1.807) is 18.3 Å². The van der Waals surface area contributed by atoms with E-state index >= 15 is 0 Å². The third-order valence-corrected chi connectivity index (χ3v) is 4.01. The second-order valence-corrected chi connectivity index (χ2v) is 5.89. The van der Waals surface area contributed by atoms with E-state index in [1.165, 1.54) is 0 Å². The molecule has 26 heavy (non-hydrogen) atoms. The lowest BCUT2D eigenvalue weighted by molar-refractivity contribution is 0.0946. The van der Waals surface area contributed by atoms with Crippen LogP contribution in [-0.4, -0.2) is 22.6 Å². The number of benzene rings is 2. The molecule has 5 nitrogen and oxygen atoms in total. The Labute approximate surface area is 152 Å². The number of hydrogen-bond donors (Lipinski definition) is 3. The van der Waals surface area contributed by atoms with E-state index in [2.05, 4.69) is 15.6 Å². The van der Waals surface area contributed by atoms with Crippen molar-refractivity contribution in [3.05, 3.63) is 95.8 Å². The van der Waals surface area contributed by atoms with Gasteiger partial charge in [-0.3, -0.25) is 9.78 Å². The number of pyridine rings is 1. The normalized spacial score (nSPS) is 11.6. The van der Waals surface area contributed by atoms with E-state index in [9.17, 15) is 9.90 Å². The number of carbonyl (C=O) groups excluding carboxylic acids is 1. The summed E-state index contributed by atoms with van der Waals surface area (Å²) >= 11 is 0. The summed E-state index contributed by atoms with van der Waals surface area (Å²) in [6.07, 6.45) is 1.58. The molecule has 0 saturated carbocycles. The average molecular weight is 347 g/mol. The molecule has 1 aromatic heterocycles. The monoisotopic (exact) mass is 347 g/mol. The fourth-order valence-corrected chi connectivity index (χ4v) is 2.63. The van der Waals surface area contributed by atoms with Gasteiger partial charge in [0.05, 0.1) is 12.6 Å². The number of anilines is 1. The molecule has 3 N–H and O–H groups in total. The first-order valence-corrected chi connectivity index (χ1v) is 8.47. The first kappa shape index (κ1) is 17.6. The van der Waals surface area contributed by atoms with E-state index in [-0.39, 0.29) is 18.6 Å². The Morgan fingerprint density at radius 1 is 1.00 bits per heavy atom. The molecule has 132 valence electrons. The van der Waals surface area contributed by atoms with Crippen LogP contribution in [0.25, 0.3) is 0 Å². The highest BCUT2D eigenvalue weighted by Crippen LogP contribution is 2.19. The molecule has 0 spiro atoms. The highest BCUT2D eigenvalue weighted by atomic mass is 16.3. The van der Waals surface area contributed by atoms with Gasteiger partial charge >= 0.3 is 0 Å². The highest BCUT2D eigenvalue weighted by molar-refractivity contribution is 5.93. The van der Waals surface area contributed by atoms with Crippen LogP contribution in [0.4, 0.5) is 5.69 Å². The Morgan fingerprint density at radius 3 is 2.38 bits per heavy atom. The second-order valence-electron chi connectivity index (χ2n) is 5.89. The van der Waals surface area contributed by atoms with Crippen LogP contribution >= 0.6 is 0 Å². The van der Waals surface area contributed by atoms with E-state index in [0.29, 0.717) is 12.2 Å². The molecule has 0 aliphatic rings. The molecule has 3 aromatic rings. The van der Waals surface area contributed by atoms with Gasteiger partial charge in [0.25, 0.3) is 5.91 Å². The summed E-state index contributed by atoms with van der Waals surface area (Å²) in [6.45, 7) is 0.393. The molecular weight excluding hydrogens is 326 g/mol. The van der Waals surface area contributed by atoms with Crippen molar-refractivity contribution in [3.63, 3.8) is 0 Å². The summed E-state index contributed by atoms with van der Waals surface area (Å²) < 4.78 is 0. The van der Waals surface area contributed by atoms with Crippen molar-refractivity contribution in [1.29, 1.82) is 0 Å². The van der Waals surface area contributed by atoms with Gasteiger partial charge in [-0.15, -0.1) is 0 Å². The molecule has 0 bridgehead atoms. The fraction of sp³-hybridized carbons (Fsp3) is 0.143. The van der Waals surface area contributed by atoms with Crippen LogP contribution in [0.5, 0.6) is 0 Å². The van der Waals surface area contributed by atoms with Crippen LogP contribution in [0, 0.1) is 0 Å². The van der Waals surface area contributed by atoms with E-state index in [4.69, 9.17) is 0 Å². The predicted molar refractivity (Wildman–Crippen MR) is 102 cm³/mol. The highest BCUT2D eigenvalue weighted by Gasteiger charge is 2.12. The number of carbonyl (C=O) groups is 1. The van der Waals surface area contributed by atoms with Gasteiger partial charge in [-0.1, -0.05) is 60.7 Å². The number of nitrogens with zero attached hydrogens (tertiary/aromatic N) is 1. The van der Waals surface area contributed by atoms with Crippen LogP contribution in [0.2, 0.25) is 0 Å². The number of aromatic nitrogens is 1. The first-order valence-electron chi connectivity index (χ1n) is 8.47. The van der Waals surface area contributed by atoms with Crippen molar-refractivity contribution < 1.29 is 9.90 Å². The van der Waals surface area contributed by atoms with E-state index < -0.39 is 0 Å². The molecule has 0 saturated heterocycles. The minimum atomic E-state index is -0.251. The van der Waals surface area contributed by atoms with Crippen molar-refractivity contribution in [2.24, 2.45) is 0 Å². The SMILES string of the molecule is O=C(NCc1ccccc1)c1cc(NC(CO)c2ccccc2)ccn1. The van der Waals surface area contributed by atoms with Gasteiger partial charge in [0.2, 0.25) is 0 Å².